The minimum Gasteiger partial charge on any atom is -0.726 e. The van der Waals surface area contributed by atoms with Gasteiger partial charge in [-0.15, -0.1) is 0 Å². The quantitative estimate of drug-likeness (QED) is 0.184. The molecule has 1 aromatic carbocycles. The molecule has 0 bridgehead atoms. The van der Waals surface area contributed by atoms with Crippen LogP contribution in [0.2, 0.25) is 0 Å². The standard InChI is InChI=1S/C14H24N4.2CH4O4S/c1-17(2,3)15-11-13-7-9-14(10-8-13)12-16-18(4,5)6;2*1-5-6(2,3)4/h7-12H,1-6H3;2*1H3,(H,2,3,4)/q+2;;/p-2/b15-11+,16-12+;;. The Balaban J connectivity index is 0. The highest BCUT2D eigenvalue weighted by Crippen LogP contribution is 2.02. The minimum atomic E-state index is -4.41. The molecule has 0 aliphatic heterocycles. The third-order valence-corrected chi connectivity index (χ3v) is 3.27. The van der Waals surface area contributed by atoms with Crippen LogP contribution in [0.25, 0.3) is 0 Å². The molecule has 12 nitrogen and oxygen atoms in total. The van der Waals surface area contributed by atoms with E-state index in [2.05, 4.69) is 42.8 Å². The second-order valence-electron chi connectivity index (χ2n) is 7.19. The zero-order valence-corrected chi connectivity index (χ0v) is 20.0. The highest BCUT2D eigenvalue weighted by atomic mass is 32.3. The Labute approximate surface area is 179 Å². The zero-order chi connectivity index (χ0) is 24.2. The van der Waals surface area contributed by atoms with E-state index in [1.165, 1.54) is 0 Å². The van der Waals surface area contributed by atoms with Crippen LogP contribution < -0.4 is 0 Å². The van der Waals surface area contributed by atoms with Crippen LogP contribution in [0.15, 0.2) is 34.5 Å². The van der Waals surface area contributed by atoms with Gasteiger partial charge in [0.25, 0.3) is 0 Å². The van der Waals surface area contributed by atoms with Gasteiger partial charge in [0.05, 0.1) is 68.9 Å². The van der Waals surface area contributed by atoms with Gasteiger partial charge in [-0.1, -0.05) is 34.5 Å². The van der Waals surface area contributed by atoms with Crippen LogP contribution in [0.5, 0.6) is 0 Å². The highest BCUT2D eigenvalue weighted by molar-refractivity contribution is 7.81. The molecule has 0 saturated carbocycles. The molecule has 174 valence electrons. The molecular weight excluding hydrogens is 440 g/mol. The average molecular weight is 471 g/mol. The Kier molecular flexibility index (Phi) is 13.0. The molecule has 14 heteroatoms. The van der Waals surface area contributed by atoms with E-state index in [1.54, 1.807) is 0 Å². The Morgan fingerprint density at radius 3 is 1.03 bits per heavy atom. The van der Waals surface area contributed by atoms with Gasteiger partial charge in [-0.05, 0) is 11.1 Å². The molecule has 0 spiro atoms. The summed E-state index contributed by atoms with van der Waals surface area (Å²) in [6.45, 7) is 0. The lowest BCUT2D eigenvalue weighted by molar-refractivity contribution is -0.876. The topological polar surface area (TPSA) is 158 Å². The van der Waals surface area contributed by atoms with Gasteiger partial charge in [0.2, 0.25) is 20.8 Å². The first-order valence-electron chi connectivity index (χ1n) is 8.15. The first-order valence-corrected chi connectivity index (χ1v) is 10.8. The number of hydrogen-bond donors (Lipinski definition) is 0. The summed E-state index contributed by atoms with van der Waals surface area (Å²) in [5, 5.41) is 8.83. The smallest absolute Gasteiger partial charge is 0.217 e. The number of benzene rings is 1. The van der Waals surface area contributed by atoms with Crippen molar-refractivity contribution in [3.63, 3.8) is 0 Å². The minimum absolute atomic E-state index is 0.574. The monoisotopic (exact) mass is 470 g/mol. The predicted octanol–water partition coefficient (Wildman–Crippen LogP) is -0.0472. The van der Waals surface area contributed by atoms with Gasteiger partial charge in [0, 0.05) is 0 Å². The van der Waals surface area contributed by atoms with E-state index in [4.69, 9.17) is 0 Å². The molecule has 0 aliphatic rings. The van der Waals surface area contributed by atoms with Crippen molar-refractivity contribution in [2.45, 2.75) is 0 Å². The van der Waals surface area contributed by atoms with E-state index in [0.29, 0.717) is 9.18 Å². The van der Waals surface area contributed by atoms with E-state index in [9.17, 15) is 25.9 Å². The lowest BCUT2D eigenvalue weighted by Crippen LogP contribution is -2.27. The molecule has 0 radical (unpaired) electrons. The Morgan fingerprint density at radius 2 is 0.900 bits per heavy atom. The third-order valence-electron chi connectivity index (χ3n) is 2.45. The molecule has 0 atom stereocenters. The Hall–Kier alpha value is -1.78. The lowest BCUT2D eigenvalue weighted by atomic mass is 10.2. The third kappa shape index (κ3) is 24.3. The summed E-state index contributed by atoms with van der Waals surface area (Å²) in [5.74, 6) is 0. The van der Waals surface area contributed by atoms with E-state index < -0.39 is 20.8 Å². The summed E-state index contributed by atoms with van der Waals surface area (Å²) in [4.78, 5) is 0. The van der Waals surface area contributed by atoms with Crippen LogP contribution >= 0.6 is 0 Å². The molecule has 1 rings (SSSR count). The second-order valence-corrected chi connectivity index (χ2v) is 9.49. The summed E-state index contributed by atoms with van der Waals surface area (Å²) >= 11 is 0. The average Bonchev–Trinajstić information content (AvgIpc) is 2.57. The molecule has 30 heavy (non-hydrogen) atoms. The SMILES string of the molecule is COS(=O)(=O)[O-].COS(=O)(=O)[O-].C[N+](C)(C)/N=C/c1ccc(/C=N/[N+](C)(C)C)cc1. The largest absolute Gasteiger partial charge is 0.726 e. The van der Waals surface area contributed by atoms with Crippen LogP contribution in [0.4, 0.5) is 0 Å². The van der Waals surface area contributed by atoms with E-state index in [-0.39, 0.29) is 0 Å². The summed E-state index contributed by atoms with van der Waals surface area (Å²) in [6.07, 6.45) is 3.78. The number of rotatable bonds is 6. The second kappa shape index (κ2) is 12.8. The van der Waals surface area contributed by atoms with Gasteiger partial charge in [0.1, 0.15) is 0 Å². The lowest BCUT2D eigenvalue weighted by Gasteiger charge is -2.14. The predicted molar refractivity (Wildman–Crippen MR) is 111 cm³/mol. The summed E-state index contributed by atoms with van der Waals surface area (Å²) in [7, 11) is 4.95. The van der Waals surface area contributed by atoms with E-state index in [0.717, 1.165) is 25.3 Å². The van der Waals surface area contributed by atoms with Crippen LogP contribution in [-0.4, -0.2) is 104 Å². The Bertz CT molecular complexity index is 808. The molecule has 0 N–H and O–H groups in total. The summed E-state index contributed by atoms with van der Waals surface area (Å²) in [6, 6.07) is 8.21. The van der Waals surface area contributed by atoms with Crippen molar-refractivity contribution >= 4 is 33.2 Å². The van der Waals surface area contributed by atoms with Gasteiger partial charge in [-0.2, -0.15) is 0 Å². The van der Waals surface area contributed by atoms with Crippen LogP contribution in [0.1, 0.15) is 11.1 Å². The fraction of sp³-hybridized carbons (Fsp3) is 0.500. The fourth-order valence-corrected chi connectivity index (χ4v) is 1.15. The maximum absolute atomic E-state index is 9.22. The maximum Gasteiger partial charge on any atom is 0.217 e. The van der Waals surface area contributed by atoms with Crippen molar-refractivity contribution in [2.24, 2.45) is 10.2 Å². The van der Waals surface area contributed by atoms with Gasteiger partial charge in [-0.3, -0.25) is 8.37 Å². The van der Waals surface area contributed by atoms with Crippen LogP contribution in [0.3, 0.4) is 0 Å². The van der Waals surface area contributed by atoms with Gasteiger partial charge >= 0.3 is 0 Å². The van der Waals surface area contributed by atoms with Gasteiger partial charge in [-0.25, -0.2) is 26.0 Å². The molecule has 0 fully saturated rings. The number of hydrogen-bond acceptors (Lipinski definition) is 10. The van der Waals surface area contributed by atoms with E-state index in [1.807, 2.05) is 54.7 Å². The van der Waals surface area contributed by atoms with Gasteiger partial charge in [0.15, 0.2) is 0 Å². The van der Waals surface area contributed by atoms with Crippen molar-refractivity contribution in [3.05, 3.63) is 35.4 Å². The van der Waals surface area contributed by atoms with E-state index >= 15 is 0 Å². The molecular formula is C16H30N4O8S2. The molecule has 0 aromatic heterocycles. The van der Waals surface area contributed by atoms with Crippen molar-refractivity contribution in [2.75, 3.05) is 56.5 Å². The molecule has 0 amide bonds. The molecule has 1 aromatic rings. The van der Waals surface area contributed by atoms with Crippen molar-refractivity contribution in [3.8, 4) is 0 Å². The molecule has 0 unspecified atom stereocenters. The first-order chi connectivity index (χ1) is 13.3. The normalized spacial score (nSPS) is 12.9. The maximum atomic E-state index is 9.22. The van der Waals surface area contributed by atoms with Crippen LogP contribution in [-0.2, 0) is 29.2 Å². The first kappa shape index (κ1) is 30.4. The van der Waals surface area contributed by atoms with Crippen molar-refractivity contribution < 1.29 is 43.5 Å². The van der Waals surface area contributed by atoms with Crippen LogP contribution in [0, 0.1) is 0 Å². The zero-order valence-electron chi connectivity index (χ0n) is 18.3. The number of nitrogens with zero attached hydrogens (tertiary/aromatic N) is 4. The molecule has 0 saturated heterocycles. The number of quaternary nitrogens is 2. The highest BCUT2D eigenvalue weighted by Gasteiger charge is 2.03. The van der Waals surface area contributed by atoms with Gasteiger partial charge < -0.3 is 9.11 Å². The fourth-order valence-electron chi connectivity index (χ4n) is 1.15. The van der Waals surface area contributed by atoms with Crippen molar-refractivity contribution in [1.82, 2.24) is 0 Å². The van der Waals surface area contributed by atoms with Crippen molar-refractivity contribution in [1.29, 1.82) is 0 Å². The molecule has 0 aliphatic carbocycles. The Morgan fingerprint density at radius 1 is 0.700 bits per heavy atom. The summed E-state index contributed by atoms with van der Waals surface area (Å²) < 4.78 is 63.2. The summed E-state index contributed by atoms with van der Waals surface area (Å²) in [5.41, 5.74) is 2.20. The molecule has 0 heterocycles.